The van der Waals surface area contributed by atoms with E-state index in [2.05, 4.69) is 12.2 Å². The summed E-state index contributed by atoms with van der Waals surface area (Å²) < 4.78 is 0. The smallest absolute Gasteiger partial charge is 0.0733 e. The first-order valence-electron chi connectivity index (χ1n) is 5.17. The van der Waals surface area contributed by atoms with Crippen LogP contribution in [0.1, 0.15) is 18.9 Å². The predicted molar refractivity (Wildman–Crippen MR) is 59.3 cm³/mol. The van der Waals surface area contributed by atoms with Crippen LogP contribution in [0.4, 0.5) is 0 Å². The molecule has 0 radical (unpaired) electrons. The summed E-state index contributed by atoms with van der Waals surface area (Å²) in [5.74, 6) is 0. The summed E-state index contributed by atoms with van der Waals surface area (Å²) in [6, 6.07) is 10.3. The number of aliphatic hydroxyl groups is 1. The van der Waals surface area contributed by atoms with Gasteiger partial charge in [-0.25, -0.2) is 0 Å². The van der Waals surface area contributed by atoms with Crippen LogP contribution in [0.2, 0.25) is 0 Å². The van der Waals surface area contributed by atoms with Crippen molar-refractivity contribution in [1.29, 1.82) is 0 Å². The van der Waals surface area contributed by atoms with Gasteiger partial charge in [0.2, 0.25) is 0 Å². The lowest BCUT2D eigenvalue weighted by Gasteiger charge is -2.20. The van der Waals surface area contributed by atoms with Crippen molar-refractivity contribution in [3.8, 4) is 0 Å². The Morgan fingerprint density at radius 2 is 1.93 bits per heavy atom. The molecule has 0 spiro atoms. The molecule has 2 atom stereocenters. The van der Waals surface area contributed by atoms with Gasteiger partial charge in [0.05, 0.1) is 6.10 Å². The number of aliphatic hydroxyl groups excluding tert-OH is 1. The van der Waals surface area contributed by atoms with Crippen LogP contribution >= 0.6 is 0 Å². The first-order chi connectivity index (χ1) is 6.77. The molecule has 2 heteroatoms. The van der Waals surface area contributed by atoms with Crippen LogP contribution in [-0.4, -0.2) is 24.3 Å². The Labute approximate surface area is 86.0 Å². The van der Waals surface area contributed by atoms with Gasteiger partial charge in [-0.1, -0.05) is 37.3 Å². The molecule has 0 aromatic heterocycles. The Morgan fingerprint density at radius 1 is 1.29 bits per heavy atom. The largest absolute Gasteiger partial charge is 0.391 e. The standard InChI is InChI=1S/C12H19NO/c1-3-11(13-2)12(14)9-10-7-5-4-6-8-10/h4-8,11-14H,3,9H2,1-2H3. The summed E-state index contributed by atoms with van der Waals surface area (Å²) in [4.78, 5) is 0. The third-order valence-corrected chi connectivity index (χ3v) is 2.56. The highest BCUT2D eigenvalue weighted by atomic mass is 16.3. The summed E-state index contributed by atoms with van der Waals surface area (Å²) in [5, 5.41) is 13.0. The molecule has 2 N–H and O–H groups in total. The summed E-state index contributed by atoms with van der Waals surface area (Å²) in [6.45, 7) is 2.08. The van der Waals surface area contributed by atoms with E-state index in [0.717, 1.165) is 12.8 Å². The van der Waals surface area contributed by atoms with Crippen LogP contribution in [0, 0.1) is 0 Å². The van der Waals surface area contributed by atoms with Gasteiger partial charge in [-0.3, -0.25) is 0 Å². The molecule has 0 aliphatic carbocycles. The second-order valence-corrected chi connectivity index (χ2v) is 3.56. The van der Waals surface area contributed by atoms with Gasteiger partial charge in [0.15, 0.2) is 0 Å². The molecule has 0 aliphatic rings. The summed E-state index contributed by atoms with van der Waals surface area (Å²) >= 11 is 0. The number of benzene rings is 1. The van der Waals surface area contributed by atoms with E-state index in [1.165, 1.54) is 5.56 Å². The van der Waals surface area contributed by atoms with E-state index in [1.54, 1.807) is 0 Å². The van der Waals surface area contributed by atoms with Gasteiger partial charge in [0.25, 0.3) is 0 Å². The second-order valence-electron chi connectivity index (χ2n) is 3.56. The molecule has 0 amide bonds. The minimum absolute atomic E-state index is 0.190. The van der Waals surface area contributed by atoms with Crippen molar-refractivity contribution in [1.82, 2.24) is 5.32 Å². The molecule has 0 heterocycles. The SMILES string of the molecule is CCC(NC)C(O)Cc1ccccc1. The maximum Gasteiger partial charge on any atom is 0.0733 e. The normalized spacial score (nSPS) is 15.1. The van der Waals surface area contributed by atoms with E-state index in [9.17, 15) is 5.11 Å². The molecule has 1 rings (SSSR count). The summed E-state index contributed by atoms with van der Waals surface area (Å²) in [5.41, 5.74) is 1.19. The Bertz CT molecular complexity index is 244. The van der Waals surface area contributed by atoms with Crippen LogP contribution in [0.15, 0.2) is 30.3 Å². The van der Waals surface area contributed by atoms with Crippen molar-refractivity contribution in [2.75, 3.05) is 7.05 Å². The van der Waals surface area contributed by atoms with Crippen molar-refractivity contribution in [2.45, 2.75) is 31.9 Å². The number of rotatable bonds is 5. The zero-order chi connectivity index (χ0) is 10.4. The Hall–Kier alpha value is -0.860. The first-order valence-corrected chi connectivity index (χ1v) is 5.17. The minimum Gasteiger partial charge on any atom is -0.391 e. The van der Waals surface area contributed by atoms with E-state index < -0.39 is 0 Å². The molecule has 14 heavy (non-hydrogen) atoms. The topological polar surface area (TPSA) is 32.3 Å². The second kappa shape index (κ2) is 5.78. The van der Waals surface area contributed by atoms with Crippen molar-refractivity contribution in [3.63, 3.8) is 0 Å². The van der Waals surface area contributed by atoms with Crippen molar-refractivity contribution in [2.24, 2.45) is 0 Å². The number of hydrogen-bond acceptors (Lipinski definition) is 2. The molecule has 2 nitrogen and oxygen atoms in total. The maximum atomic E-state index is 9.90. The third-order valence-electron chi connectivity index (χ3n) is 2.56. The molecule has 1 aromatic carbocycles. The fourth-order valence-corrected chi connectivity index (χ4v) is 1.67. The minimum atomic E-state index is -0.299. The average Bonchev–Trinajstić information content (AvgIpc) is 2.21. The lowest BCUT2D eigenvalue weighted by atomic mass is 10.0. The number of nitrogens with one attached hydrogen (secondary N) is 1. The van der Waals surface area contributed by atoms with Crippen molar-refractivity contribution >= 4 is 0 Å². The van der Waals surface area contributed by atoms with Crippen molar-refractivity contribution in [3.05, 3.63) is 35.9 Å². The van der Waals surface area contributed by atoms with Gasteiger partial charge in [-0.15, -0.1) is 0 Å². The molecule has 0 aliphatic heterocycles. The lowest BCUT2D eigenvalue weighted by Crippen LogP contribution is -2.38. The maximum absolute atomic E-state index is 9.90. The van der Waals surface area contributed by atoms with Crippen LogP contribution in [-0.2, 0) is 6.42 Å². The Balaban J connectivity index is 2.52. The zero-order valence-corrected chi connectivity index (χ0v) is 8.90. The van der Waals surface area contributed by atoms with Crippen LogP contribution < -0.4 is 5.32 Å². The van der Waals surface area contributed by atoms with Crippen molar-refractivity contribution < 1.29 is 5.11 Å². The zero-order valence-electron chi connectivity index (χ0n) is 8.90. The fraction of sp³-hybridized carbons (Fsp3) is 0.500. The van der Waals surface area contributed by atoms with Crippen LogP contribution in [0.25, 0.3) is 0 Å². The van der Waals surface area contributed by atoms with Crippen LogP contribution in [0.3, 0.4) is 0 Å². The third kappa shape index (κ3) is 3.13. The van der Waals surface area contributed by atoms with E-state index in [4.69, 9.17) is 0 Å². The summed E-state index contributed by atoms with van der Waals surface area (Å²) in [6.07, 6.45) is 1.37. The number of likely N-dealkylation sites (N-methyl/N-ethyl adjacent to an activating group) is 1. The van der Waals surface area contributed by atoms with E-state index in [-0.39, 0.29) is 12.1 Å². The quantitative estimate of drug-likeness (QED) is 0.744. The lowest BCUT2D eigenvalue weighted by molar-refractivity contribution is 0.129. The summed E-state index contributed by atoms with van der Waals surface area (Å²) in [7, 11) is 1.89. The highest BCUT2D eigenvalue weighted by molar-refractivity contribution is 5.15. The molecule has 0 saturated carbocycles. The highest BCUT2D eigenvalue weighted by Crippen LogP contribution is 2.07. The van der Waals surface area contributed by atoms with Gasteiger partial charge < -0.3 is 10.4 Å². The van der Waals surface area contributed by atoms with Gasteiger partial charge in [-0.05, 0) is 25.5 Å². The van der Waals surface area contributed by atoms with Gasteiger partial charge in [0.1, 0.15) is 0 Å². The van der Waals surface area contributed by atoms with E-state index in [1.807, 2.05) is 37.4 Å². The first kappa shape index (κ1) is 11.2. The Kier molecular flexibility index (Phi) is 4.63. The van der Waals surface area contributed by atoms with Gasteiger partial charge in [-0.2, -0.15) is 0 Å². The fourth-order valence-electron chi connectivity index (χ4n) is 1.67. The highest BCUT2D eigenvalue weighted by Gasteiger charge is 2.15. The van der Waals surface area contributed by atoms with Crippen LogP contribution in [0.5, 0.6) is 0 Å². The molecule has 0 saturated heterocycles. The van der Waals surface area contributed by atoms with E-state index >= 15 is 0 Å². The molecule has 0 fully saturated rings. The number of hydrogen-bond donors (Lipinski definition) is 2. The molecule has 1 aromatic rings. The molecule has 78 valence electrons. The molecule has 2 unspecified atom stereocenters. The van der Waals surface area contributed by atoms with Gasteiger partial charge in [0, 0.05) is 6.04 Å². The Morgan fingerprint density at radius 3 is 2.43 bits per heavy atom. The molecular formula is C12H19NO. The predicted octanol–water partition coefficient (Wildman–Crippen LogP) is 1.59. The van der Waals surface area contributed by atoms with Gasteiger partial charge >= 0.3 is 0 Å². The van der Waals surface area contributed by atoms with E-state index in [0.29, 0.717) is 0 Å². The molecule has 0 bridgehead atoms. The monoisotopic (exact) mass is 193 g/mol. The average molecular weight is 193 g/mol. The molecular weight excluding hydrogens is 174 g/mol.